The van der Waals surface area contributed by atoms with E-state index in [0.717, 1.165) is 25.7 Å². The fourth-order valence-electron chi connectivity index (χ4n) is 3.07. The average molecular weight is 346 g/mol. The molecule has 0 bridgehead atoms. The molecule has 2 rings (SSSR count). The van der Waals surface area contributed by atoms with Gasteiger partial charge in [0.05, 0.1) is 0 Å². The molecule has 0 saturated carbocycles. The Balaban J connectivity index is 1.70. The maximum absolute atomic E-state index is 12.1. The summed E-state index contributed by atoms with van der Waals surface area (Å²) in [7, 11) is 0. The lowest BCUT2D eigenvalue weighted by molar-refractivity contribution is -0.135. The zero-order valence-corrected chi connectivity index (χ0v) is 15.6. The van der Waals surface area contributed by atoms with Crippen molar-refractivity contribution in [1.82, 2.24) is 10.2 Å². The number of carbonyl (C=O) groups excluding carboxylic acids is 2. The van der Waals surface area contributed by atoms with Crippen LogP contribution in [0.5, 0.6) is 5.75 Å². The molecule has 5 heteroatoms. The highest BCUT2D eigenvalue weighted by Crippen LogP contribution is 2.15. The van der Waals surface area contributed by atoms with Crippen molar-refractivity contribution in [3.05, 3.63) is 29.8 Å². The lowest BCUT2D eigenvalue weighted by Crippen LogP contribution is -2.48. The summed E-state index contributed by atoms with van der Waals surface area (Å²) in [4.78, 5) is 25.9. The third-order valence-electron chi connectivity index (χ3n) is 4.50. The van der Waals surface area contributed by atoms with E-state index in [1.165, 1.54) is 5.56 Å². The SMILES string of the molecule is CCCc1ccc(OCC(=O)NC2CCN(C(=O)C(C)C)CC2)cc1. The molecule has 1 heterocycles. The first-order chi connectivity index (χ1) is 12.0. The monoisotopic (exact) mass is 346 g/mol. The van der Waals surface area contributed by atoms with Crippen LogP contribution in [0.4, 0.5) is 0 Å². The van der Waals surface area contributed by atoms with Gasteiger partial charge in [0.1, 0.15) is 5.75 Å². The quantitative estimate of drug-likeness (QED) is 0.826. The van der Waals surface area contributed by atoms with Crippen molar-refractivity contribution in [3.8, 4) is 5.75 Å². The molecule has 1 fully saturated rings. The zero-order valence-electron chi connectivity index (χ0n) is 15.6. The Kier molecular flexibility index (Phi) is 7.29. The number of hydrogen-bond donors (Lipinski definition) is 1. The fourth-order valence-corrected chi connectivity index (χ4v) is 3.07. The van der Waals surface area contributed by atoms with E-state index in [0.29, 0.717) is 18.8 Å². The highest BCUT2D eigenvalue weighted by molar-refractivity contribution is 5.79. The van der Waals surface area contributed by atoms with Crippen molar-refractivity contribution in [3.63, 3.8) is 0 Å². The van der Waals surface area contributed by atoms with Gasteiger partial charge in [-0.05, 0) is 37.0 Å². The fraction of sp³-hybridized carbons (Fsp3) is 0.600. The number of benzene rings is 1. The molecule has 0 aliphatic carbocycles. The summed E-state index contributed by atoms with van der Waals surface area (Å²) in [5, 5.41) is 3.01. The Labute approximate surface area is 150 Å². The molecule has 0 atom stereocenters. The summed E-state index contributed by atoms with van der Waals surface area (Å²) in [5.74, 6) is 0.835. The first-order valence-electron chi connectivity index (χ1n) is 9.29. The number of nitrogens with one attached hydrogen (secondary N) is 1. The molecule has 0 spiro atoms. The van der Waals surface area contributed by atoms with Crippen molar-refractivity contribution in [2.45, 2.75) is 52.5 Å². The van der Waals surface area contributed by atoms with Gasteiger partial charge in [0, 0.05) is 25.0 Å². The van der Waals surface area contributed by atoms with E-state index in [2.05, 4.69) is 12.2 Å². The number of rotatable bonds is 7. The smallest absolute Gasteiger partial charge is 0.258 e. The number of nitrogens with zero attached hydrogens (tertiary/aromatic N) is 1. The van der Waals surface area contributed by atoms with Gasteiger partial charge in [-0.1, -0.05) is 39.3 Å². The van der Waals surface area contributed by atoms with E-state index < -0.39 is 0 Å². The molecule has 1 aliphatic heterocycles. The van der Waals surface area contributed by atoms with E-state index in [1.54, 1.807) is 0 Å². The van der Waals surface area contributed by atoms with Gasteiger partial charge >= 0.3 is 0 Å². The number of hydrogen-bond acceptors (Lipinski definition) is 3. The molecule has 0 aromatic heterocycles. The predicted molar refractivity (Wildman–Crippen MR) is 98.5 cm³/mol. The summed E-state index contributed by atoms with van der Waals surface area (Å²) in [6, 6.07) is 8.03. The Hall–Kier alpha value is -2.04. The van der Waals surface area contributed by atoms with Crippen LogP contribution in [0.2, 0.25) is 0 Å². The molecule has 1 aromatic carbocycles. The number of ether oxygens (including phenoxy) is 1. The van der Waals surface area contributed by atoms with E-state index in [-0.39, 0.29) is 30.4 Å². The Morgan fingerprint density at radius 2 is 1.84 bits per heavy atom. The summed E-state index contributed by atoms with van der Waals surface area (Å²) in [6.07, 6.45) is 3.77. The lowest BCUT2D eigenvalue weighted by atomic mass is 10.0. The maximum Gasteiger partial charge on any atom is 0.258 e. The largest absolute Gasteiger partial charge is 0.484 e. The minimum Gasteiger partial charge on any atom is -0.484 e. The average Bonchev–Trinajstić information content (AvgIpc) is 2.61. The molecular formula is C20H30N2O3. The Morgan fingerprint density at radius 1 is 1.20 bits per heavy atom. The van der Waals surface area contributed by atoms with Gasteiger partial charge in [0.15, 0.2) is 6.61 Å². The number of amides is 2. The molecule has 1 aromatic rings. The van der Waals surface area contributed by atoms with Crippen molar-refractivity contribution in [2.75, 3.05) is 19.7 Å². The highest BCUT2D eigenvalue weighted by Gasteiger charge is 2.25. The van der Waals surface area contributed by atoms with Gasteiger partial charge in [-0.3, -0.25) is 9.59 Å². The van der Waals surface area contributed by atoms with Gasteiger partial charge in [0.25, 0.3) is 5.91 Å². The van der Waals surface area contributed by atoms with E-state index in [4.69, 9.17) is 4.74 Å². The van der Waals surface area contributed by atoms with E-state index >= 15 is 0 Å². The summed E-state index contributed by atoms with van der Waals surface area (Å²) in [6.45, 7) is 7.43. The summed E-state index contributed by atoms with van der Waals surface area (Å²) >= 11 is 0. The van der Waals surface area contributed by atoms with E-state index in [1.807, 2.05) is 43.0 Å². The second kappa shape index (κ2) is 9.44. The van der Waals surface area contributed by atoms with Gasteiger partial charge in [-0.15, -0.1) is 0 Å². The van der Waals surface area contributed by atoms with Gasteiger partial charge in [0.2, 0.25) is 5.91 Å². The third kappa shape index (κ3) is 6.07. The maximum atomic E-state index is 12.1. The van der Waals surface area contributed by atoms with Crippen molar-refractivity contribution in [2.24, 2.45) is 5.92 Å². The first-order valence-corrected chi connectivity index (χ1v) is 9.29. The van der Waals surface area contributed by atoms with Crippen LogP contribution in [0.1, 0.15) is 45.6 Å². The number of piperidine rings is 1. The van der Waals surface area contributed by atoms with Crippen molar-refractivity contribution in [1.29, 1.82) is 0 Å². The minimum atomic E-state index is -0.105. The molecule has 1 aliphatic rings. The molecular weight excluding hydrogens is 316 g/mol. The van der Waals surface area contributed by atoms with Crippen LogP contribution >= 0.6 is 0 Å². The van der Waals surface area contributed by atoms with Crippen LogP contribution in [0.25, 0.3) is 0 Å². The summed E-state index contributed by atoms with van der Waals surface area (Å²) < 4.78 is 5.56. The van der Waals surface area contributed by atoms with E-state index in [9.17, 15) is 9.59 Å². The van der Waals surface area contributed by atoms with Crippen LogP contribution in [0, 0.1) is 5.92 Å². The second-order valence-corrected chi connectivity index (χ2v) is 7.00. The molecule has 1 saturated heterocycles. The van der Waals surface area contributed by atoms with Crippen LogP contribution < -0.4 is 10.1 Å². The molecule has 1 N–H and O–H groups in total. The van der Waals surface area contributed by atoms with Crippen LogP contribution in [-0.4, -0.2) is 42.5 Å². The minimum absolute atomic E-state index is 0.0261. The van der Waals surface area contributed by atoms with Crippen LogP contribution in [0.15, 0.2) is 24.3 Å². The van der Waals surface area contributed by atoms with Crippen molar-refractivity contribution >= 4 is 11.8 Å². The lowest BCUT2D eigenvalue weighted by Gasteiger charge is -2.33. The molecule has 25 heavy (non-hydrogen) atoms. The van der Waals surface area contributed by atoms with Crippen molar-refractivity contribution < 1.29 is 14.3 Å². The standard InChI is InChI=1S/C20H30N2O3/c1-4-5-16-6-8-18(9-7-16)25-14-19(23)21-17-10-12-22(13-11-17)20(24)15(2)3/h6-9,15,17H,4-5,10-14H2,1-3H3,(H,21,23). The van der Waals surface area contributed by atoms with Crippen LogP contribution in [0.3, 0.4) is 0 Å². The third-order valence-corrected chi connectivity index (χ3v) is 4.50. The van der Waals surface area contributed by atoms with Gasteiger partial charge < -0.3 is 15.0 Å². The van der Waals surface area contributed by atoms with Gasteiger partial charge in [-0.25, -0.2) is 0 Å². The molecule has 0 unspecified atom stereocenters. The number of likely N-dealkylation sites (tertiary alicyclic amines) is 1. The normalized spacial score (nSPS) is 15.3. The molecule has 138 valence electrons. The molecule has 2 amide bonds. The number of aryl methyl sites for hydroxylation is 1. The molecule has 0 radical (unpaired) electrons. The van der Waals surface area contributed by atoms with Gasteiger partial charge in [-0.2, -0.15) is 0 Å². The number of carbonyl (C=O) groups is 2. The molecule has 5 nitrogen and oxygen atoms in total. The van der Waals surface area contributed by atoms with Crippen LogP contribution in [-0.2, 0) is 16.0 Å². The Morgan fingerprint density at radius 3 is 2.40 bits per heavy atom. The topological polar surface area (TPSA) is 58.6 Å². The highest BCUT2D eigenvalue weighted by atomic mass is 16.5. The zero-order chi connectivity index (χ0) is 18.2. The predicted octanol–water partition coefficient (Wildman–Crippen LogP) is 2.78. The Bertz CT molecular complexity index is 561. The summed E-state index contributed by atoms with van der Waals surface area (Å²) in [5.41, 5.74) is 1.28. The second-order valence-electron chi connectivity index (χ2n) is 7.00. The first kappa shape index (κ1) is 19.3.